The van der Waals surface area contributed by atoms with Gasteiger partial charge in [0.1, 0.15) is 5.69 Å². The fraction of sp³-hybridized carbons (Fsp3) is 0.412. The van der Waals surface area contributed by atoms with Gasteiger partial charge in [-0.2, -0.15) is 5.10 Å². The molecule has 0 radical (unpaired) electrons. The third-order valence-corrected chi connectivity index (χ3v) is 4.40. The third-order valence-electron chi connectivity index (χ3n) is 4.40. The summed E-state index contributed by atoms with van der Waals surface area (Å²) < 4.78 is 28.5. The first-order chi connectivity index (χ1) is 11.6. The molecule has 24 heavy (non-hydrogen) atoms. The van der Waals surface area contributed by atoms with Crippen LogP contribution in [0.3, 0.4) is 0 Å². The highest BCUT2D eigenvalue weighted by molar-refractivity contribution is 5.92. The highest BCUT2D eigenvalue weighted by atomic mass is 19.1. The van der Waals surface area contributed by atoms with Gasteiger partial charge in [0.05, 0.1) is 6.10 Å². The molecule has 1 saturated carbocycles. The fourth-order valence-corrected chi connectivity index (χ4v) is 3.07. The van der Waals surface area contributed by atoms with Gasteiger partial charge in [-0.05, 0) is 37.0 Å². The molecule has 1 unspecified atom stereocenters. The SMILES string of the molecule is O=C(NCC(O)C1CCCC1)c1ccn(-c2c(F)cccc2F)n1. The minimum absolute atomic E-state index is 0.0382. The number of benzene rings is 1. The molecule has 128 valence electrons. The number of nitrogens with zero attached hydrogens (tertiary/aromatic N) is 2. The first-order valence-corrected chi connectivity index (χ1v) is 8.02. The minimum atomic E-state index is -0.762. The highest BCUT2D eigenvalue weighted by Crippen LogP contribution is 2.27. The Balaban J connectivity index is 1.65. The number of rotatable bonds is 5. The summed E-state index contributed by atoms with van der Waals surface area (Å²) in [5.74, 6) is -1.79. The summed E-state index contributed by atoms with van der Waals surface area (Å²) in [7, 11) is 0. The molecule has 0 bridgehead atoms. The van der Waals surface area contributed by atoms with Crippen molar-refractivity contribution in [3.8, 4) is 5.69 Å². The van der Waals surface area contributed by atoms with Crippen molar-refractivity contribution >= 4 is 5.91 Å². The van der Waals surface area contributed by atoms with Crippen molar-refractivity contribution in [3.63, 3.8) is 0 Å². The summed E-state index contributed by atoms with van der Waals surface area (Å²) >= 11 is 0. The van der Waals surface area contributed by atoms with E-state index in [1.165, 1.54) is 18.3 Å². The lowest BCUT2D eigenvalue weighted by Crippen LogP contribution is -2.35. The standard InChI is InChI=1S/C17H19F2N3O2/c18-12-6-3-7-13(19)16(12)22-9-8-14(21-22)17(24)20-10-15(23)11-4-1-2-5-11/h3,6-9,11,15,23H,1-2,4-5,10H2,(H,20,24). The molecule has 1 atom stereocenters. The van der Waals surface area contributed by atoms with Crippen LogP contribution >= 0.6 is 0 Å². The van der Waals surface area contributed by atoms with Crippen LogP contribution in [0, 0.1) is 17.6 Å². The van der Waals surface area contributed by atoms with Gasteiger partial charge in [0.2, 0.25) is 0 Å². The van der Waals surface area contributed by atoms with Crippen LogP contribution in [0.1, 0.15) is 36.2 Å². The molecule has 1 fully saturated rings. The molecule has 0 saturated heterocycles. The van der Waals surface area contributed by atoms with Crippen molar-refractivity contribution in [1.29, 1.82) is 0 Å². The van der Waals surface area contributed by atoms with Crippen LogP contribution in [0.4, 0.5) is 8.78 Å². The largest absolute Gasteiger partial charge is 0.391 e. The van der Waals surface area contributed by atoms with Gasteiger partial charge in [-0.25, -0.2) is 13.5 Å². The van der Waals surface area contributed by atoms with E-state index in [-0.39, 0.29) is 23.8 Å². The van der Waals surface area contributed by atoms with E-state index >= 15 is 0 Å². The molecule has 5 nitrogen and oxygen atoms in total. The van der Waals surface area contributed by atoms with Gasteiger partial charge in [0, 0.05) is 12.7 Å². The zero-order valence-corrected chi connectivity index (χ0v) is 13.1. The zero-order chi connectivity index (χ0) is 17.1. The maximum absolute atomic E-state index is 13.7. The third kappa shape index (κ3) is 3.46. The first kappa shape index (κ1) is 16.6. The lowest BCUT2D eigenvalue weighted by atomic mass is 10.0. The molecular formula is C17H19F2N3O2. The molecule has 1 aromatic carbocycles. The van der Waals surface area contributed by atoms with Crippen LogP contribution in [0.5, 0.6) is 0 Å². The van der Waals surface area contributed by atoms with E-state index in [1.807, 2.05) is 0 Å². The summed E-state index contributed by atoms with van der Waals surface area (Å²) in [6.45, 7) is 0.143. The molecule has 7 heteroatoms. The van der Waals surface area contributed by atoms with E-state index in [1.54, 1.807) is 0 Å². The number of nitrogens with one attached hydrogen (secondary N) is 1. The molecule has 1 amide bonds. The number of hydrogen-bond donors (Lipinski definition) is 2. The molecule has 3 rings (SSSR count). The summed E-state index contributed by atoms with van der Waals surface area (Å²) in [6.07, 6.45) is 4.89. The first-order valence-electron chi connectivity index (χ1n) is 8.02. The average Bonchev–Trinajstić information content (AvgIpc) is 3.24. The Labute approximate surface area is 138 Å². The normalized spacial score (nSPS) is 16.3. The van der Waals surface area contributed by atoms with E-state index in [2.05, 4.69) is 10.4 Å². The summed E-state index contributed by atoms with van der Waals surface area (Å²) in [6, 6.07) is 4.88. The second-order valence-corrected chi connectivity index (χ2v) is 6.04. The molecule has 2 N–H and O–H groups in total. The smallest absolute Gasteiger partial charge is 0.271 e. The quantitative estimate of drug-likeness (QED) is 0.882. The maximum Gasteiger partial charge on any atom is 0.271 e. The predicted octanol–water partition coefficient (Wildman–Crippen LogP) is 2.43. The van der Waals surface area contributed by atoms with Gasteiger partial charge in [-0.3, -0.25) is 4.79 Å². The topological polar surface area (TPSA) is 67.2 Å². The highest BCUT2D eigenvalue weighted by Gasteiger charge is 2.24. The van der Waals surface area contributed by atoms with E-state index in [9.17, 15) is 18.7 Å². The van der Waals surface area contributed by atoms with Crippen LogP contribution < -0.4 is 5.32 Å². The van der Waals surface area contributed by atoms with Crippen LogP contribution in [-0.2, 0) is 0 Å². The van der Waals surface area contributed by atoms with E-state index < -0.39 is 23.6 Å². The Bertz CT molecular complexity index is 706. The summed E-state index contributed by atoms with van der Waals surface area (Å²) in [4.78, 5) is 12.1. The Morgan fingerprint density at radius 1 is 1.29 bits per heavy atom. The Kier molecular flexibility index (Phi) is 4.89. The van der Waals surface area contributed by atoms with Gasteiger partial charge >= 0.3 is 0 Å². The fourth-order valence-electron chi connectivity index (χ4n) is 3.07. The van der Waals surface area contributed by atoms with Crippen LogP contribution in [0.2, 0.25) is 0 Å². The molecule has 2 aromatic rings. The van der Waals surface area contributed by atoms with Crippen molar-refractivity contribution < 1.29 is 18.7 Å². The Morgan fingerprint density at radius 2 is 1.96 bits per heavy atom. The number of aliphatic hydroxyl groups excluding tert-OH is 1. The molecule has 0 aliphatic heterocycles. The van der Waals surface area contributed by atoms with Crippen molar-refractivity contribution in [2.24, 2.45) is 5.92 Å². The predicted molar refractivity (Wildman–Crippen MR) is 83.8 cm³/mol. The lowest BCUT2D eigenvalue weighted by molar-refractivity contribution is 0.0836. The number of amides is 1. The number of aromatic nitrogens is 2. The number of carbonyl (C=O) groups excluding carboxylic acids is 1. The van der Waals surface area contributed by atoms with Gasteiger partial charge in [0.25, 0.3) is 5.91 Å². The number of aliphatic hydroxyl groups is 1. The van der Waals surface area contributed by atoms with Gasteiger partial charge < -0.3 is 10.4 Å². The molecule has 1 aliphatic carbocycles. The van der Waals surface area contributed by atoms with Gasteiger partial charge in [-0.1, -0.05) is 18.9 Å². The number of para-hydroxylation sites is 1. The molecular weight excluding hydrogens is 316 g/mol. The number of carbonyl (C=O) groups is 1. The molecule has 1 aliphatic rings. The molecule has 1 heterocycles. The van der Waals surface area contributed by atoms with Gasteiger partial charge in [0.15, 0.2) is 17.3 Å². The number of halogens is 2. The lowest BCUT2D eigenvalue weighted by Gasteiger charge is -2.17. The molecule has 0 spiro atoms. The van der Waals surface area contributed by atoms with Crippen molar-refractivity contribution in [3.05, 3.63) is 47.8 Å². The second kappa shape index (κ2) is 7.09. The van der Waals surface area contributed by atoms with Crippen molar-refractivity contribution in [2.45, 2.75) is 31.8 Å². The Morgan fingerprint density at radius 3 is 2.62 bits per heavy atom. The van der Waals surface area contributed by atoms with Crippen molar-refractivity contribution in [1.82, 2.24) is 15.1 Å². The number of hydrogen-bond acceptors (Lipinski definition) is 3. The van der Waals surface area contributed by atoms with Crippen LogP contribution in [0.25, 0.3) is 5.69 Å². The summed E-state index contributed by atoms with van der Waals surface area (Å²) in [5, 5.41) is 16.6. The van der Waals surface area contributed by atoms with Crippen molar-refractivity contribution in [2.75, 3.05) is 6.54 Å². The Hall–Kier alpha value is -2.28. The maximum atomic E-state index is 13.7. The molecule has 1 aromatic heterocycles. The monoisotopic (exact) mass is 335 g/mol. The second-order valence-electron chi connectivity index (χ2n) is 6.04. The van der Waals surface area contributed by atoms with Crippen LogP contribution in [-0.4, -0.2) is 33.4 Å². The zero-order valence-electron chi connectivity index (χ0n) is 13.1. The van der Waals surface area contributed by atoms with E-state index in [4.69, 9.17) is 0 Å². The van der Waals surface area contributed by atoms with E-state index in [0.29, 0.717) is 0 Å². The van der Waals surface area contributed by atoms with E-state index in [0.717, 1.165) is 42.5 Å². The summed E-state index contributed by atoms with van der Waals surface area (Å²) in [5.41, 5.74) is -0.293. The van der Waals surface area contributed by atoms with Gasteiger partial charge in [-0.15, -0.1) is 0 Å². The van der Waals surface area contributed by atoms with Crippen LogP contribution in [0.15, 0.2) is 30.5 Å². The minimum Gasteiger partial charge on any atom is -0.391 e. The average molecular weight is 335 g/mol.